The Hall–Kier alpha value is -1.92. The Balaban J connectivity index is 2.55. The number of hydrogen-bond donors (Lipinski definition) is 1. The number of nitrogens with one attached hydrogen (secondary N) is 1. The van der Waals surface area contributed by atoms with Crippen molar-refractivity contribution in [1.82, 2.24) is 4.72 Å². The Morgan fingerprint density at radius 3 is 2.53 bits per heavy atom. The molecule has 0 aliphatic carbocycles. The molecule has 1 aromatic carbocycles. The van der Waals surface area contributed by atoms with Crippen LogP contribution in [0.15, 0.2) is 39.6 Å². The van der Waals surface area contributed by atoms with Crippen molar-refractivity contribution in [3.05, 3.63) is 41.7 Å². The number of aldehydes is 1. The SMILES string of the molecule is CNS(=O)(=O)c1cc(-c2ccc(C=O)o2)ccc1C. The summed E-state index contributed by atoms with van der Waals surface area (Å²) >= 11 is 0. The Kier molecular flexibility index (Phi) is 3.55. The van der Waals surface area contributed by atoms with E-state index in [9.17, 15) is 13.2 Å². The summed E-state index contributed by atoms with van der Waals surface area (Å²) in [5, 5.41) is 0. The number of sulfonamides is 1. The van der Waals surface area contributed by atoms with Crippen LogP contribution in [0.2, 0.25) is 0 Å². The van der Waals surface area contributed by atoms with Gasteiger partial charge in [-0.3, -0.25) is 4.79 Å². The van der Waals surface area contributed by atoms with E-state index < -0.39 is 10.0 Å². The van der Waals surface area contributed by atoms with Crippen molar-refractivity contribution in [3.8, 4) is 11.3 Å². The van der Waals surface area contributed by atoms with E-state index in [1.807, 2.05) is 0 Å². The zero-order valence-corrected chi connectivity index (χ0v) is 11.3. The first-order valence-electron chi connectivity index (χ1n) is 5.57. The molecule has 1 N–H and O–H groups in total. The lowest BCUT2D eigenvalue weighted by Crippen LogP contribution is -2.19. The fourth-order valence-corrected chi connectivity index (χ4v) is 2.72. The topological polar surface area (TPSA) is 76.4 Å². The van der Waals surface area contributed by atoms with Gasteiger partial charge in [-0.2, -0.15) is 0 Å². The molecule has 2 rings (SSSR count). The predicted molar refractivity (Wildman–Crippen MR) is 70.5 cm³/mol. The maximum Gasteiger partial charge on any atom is 0.240 e. The molecule has 0 saturated heterocycles. The standard InChI is InChI=1S/C13H13NO4S/c1-9-3-4-10(7-13(9)19(16,17)14-2)12-6-5-11(8-15)18-12/h3-8,14H,1-2H3. The number of aryl methyl sites for hydroxylation is 1. The number of carbonyl (C=O) groups is 1. The molecule has 0 aliphatic rings. The Morgan fingerprint density at radius 1 is 1.21 bits per heavy atom. The van der Waals surface area contributed by atoms with Crippen molar-refractivity contribution >= 4 is 16.3 Å². The van der Waals surface area contributed by atoms with E-state index in [1.54, 1.807) is 25.1 Å². The summed E-state index contributed by atoms with van der Waals surface area (Å²) in [6, 6.07) is 8.13. The number of rotatable bonds is 4. The van der Waals surface area contributed by atoms with E-state index >= 15 is 0 Å². The van der Waals surface area contributed by atoms with Gasteiger partial charge in [-0.25, -0.2) is 13.1 Å². The maximum absolute atomic E-state index is 11.9. The van der Waals surface area contributed by atoms with Crippen molar-refractivity contribution in [2.24, 2.45) is 0 Å². The first-order valence-corrected chi connectivity index (χ1v) is 7.06. The monoisotopic (exact) mass is 279 g/mol. The van der Waals surface area contributed by atoms with Crippen molar-refractivity contribution in [1.29, 1.82) is 0 Å². The van der Waals surface area contributed by atoms with E-state index in [0.29, 0.717) is 23.2 Å². The molecule has 5 nitrogen and oxygen atoms in total. The summed E-state index contributed by atoms with van der Waals surface area (Å²) < 4.78 is 31.3. The van der Waals surface area contributed by atoms with E-state index in [0.717, 1.165) is 0 Å². The average Bonchev–Trinajstić information content (AvgIpc) is 2.88. The zero-order chi connectivity index (χ0) is 14.0. The van der Waals surface area contributed by atoms with Gasteiger partial charge in [0.1, 0.15) is 5.76 Å². The van der Waals surface area contributed by atoms with Crippen LogP contribution in [0.1, 0.15) is 16.1 Å². The first-order chi connectivity index (χ1) is 8.97. The van der Waals surface area contributed by atoms with Crippen LogP contribution in [-0.4, -0.2) is 21.8 Å². The van der Waals surface area contributed by atoms with Crippen molar-refractivity contribution in [2.75, 3.05) is 7.05 Å². The molecule has 1 aromatic heterocycles. The van der Waals surface area contributed by atoms with Crippen molar-refractivity contribution < 1.29 is 17.6 Å². The lowest BCUT2D eigenvalue weighted by molar-refractivity contribution is 0.110. The zero-order valence-electron chi connectivity index (χ0n) is 10.5. The second kappa shape index (κ2) is 4.99. The van der Waals surface area contributed by atoms with Gasteiger partial charge in [0.2, 0.25) is 10.0 Å². The van der Waals surface area contributed by atoms with Crippen LogP contribution in [0.5, 0.6) is 0 Å². The Labute approximate surface area is 111 Å². The second-order valence-corrected chi connectivity index (χ2v) is 5.86. The number of carbonyl (C=O) groups excluding carboxylic acids is 1. The molecule has 0 bridgehead atoms. The van der Waals surface area contributed by atoms with Gasteiger partial charge in [-0.1, -0.05) is 12.1 Å². The summed E-state index contributed by atoms with van der Waals surface area (Å²) in [5.41, 5.74) is 1.24. The highest BCUT2D eigenvalue weighted by Gasteiger charge is 2.16. The molecule has 0 radical (unpaired) electrons. The minimum Gasteiger partial charge on any atom is -0.453 e. The van der Waals surface area contributed by atoms with Gasteiger partial charge in [0, 0.05) is 5.56 Å². The quantitative estimate of drug-likeness (QED) is 0.868. The third-order valence-electron chi connectivity index (χ3n) is 2.77. The van der Waals surface area contributed by atoms with Crippen LogP contribution in [-0.2, 0) is 10.0 Å². The van der Waals surface area contributed by atoms with Crippen LogP contribution in [0.4, 0.5) is 0 Å². The highest BCUT2D eigenvalue weighted by molar-refractivity contribution is 7.89. The fourth-order valence-electron chi connectivity index (χ4n) is 1.72. The van der Waals surface area contributed by atoms with E-state index in [-0.39, 0.29) is 10.7 Å². The molecule has 0 saturated carbocycles. The summed E-state index contributed by atoms with van der Waals surface area (Å²) in [5.74, 6) is 0.656. The third-order valence-corrected chi connectivity index (χ3v) is 4.33. The molecule has 0 amide bonds. The first kappa shape index (κ1) is 13.5. The minimum absolute atomic E-state index is 0.191. The molecular weight excluding hydrogens is 266 g/mol. The van der Waals surface area contributed by atoms with Crippen LogP contribution in [0.3, 0.4) is 0 Å². The highest BCUT2D eigenvalue weighted by Crippen LogP contribution is 2.26. The van der Waals surface area contributed by atoms with Gasteiger partial charge in [0.05, 0.1) is 4.90 Å². The van der Waals surface area contributed by atoms with Crippen LogP contribution in [0.25, 0.3) is 11.3 Å². The fraction of sp³-hybridized carbons (Fsp3) is 0.154. The molecule has 0 spiro atoms. The van der Waals surface area contributed by atoms with Gasteiger partial charge in [-0.05, 0) is 37.7 Å². The minimum atomic E-state index is -3.52. The van der Waals surface area contributed by atoms with Crippen LogP contribution >= 0.6 is 0 Å². The largest absolute Gasteiger partial charge is 0.453 e. The predicted octanol–water partition coefficient (Wildman–Crippen LogP) is 1.98. The van der Waals surface area contributed by atoms with Gasteiger partial charge in [-0.15, -0.1) is 0 Å². The third kappa shape index (κ3) is 2.59. The van der Waals surface area contributed by atoms with Crippen molar-refractivity contribution in [2.45, 2.75) is 11.8 Å². The molecular formula is C13H13NO4S. The summed E-state index contributed by atoms with van der Waals surface area (Å²) in [4.78, 5) is 10.8. The van der Waals surface area contributed by atoms with Gasteiger partial charge in [0.25, 0.3) is 0 Å². The normalized spacial score (nSPS) is 11.5. The number of benzene rings is 1. The van der Waals surface area contributed by atoms with Crippen LogP contribution < -0.4 is 4.72 Å². The molecule has 0 fully saturated rings. The molecule has 0 unspecified atom stereocenters. The Morgan fingerprint density at radius 2 is 1.95 bits per heavy atom. The maximum atomic E-state index is 11.9. The molecule has 100 valence electrons. The highest BCUT2D eigenvalue weighted by atomic mass is 32.2. The molecule has 19 heavy (non-hydrogen) atoms. The molecule has 0 aliphatic heterocycles. The number of furan rings is 1. The van der Waals surface area contributed by atoms with Crippen LogP contribution in [0, 0.1) is 6.92 Å². The van der Waals surface area contributed by atoms with E-state index in [4.69, 9.17) is 4.42 Å². The van der Waals surface area contributed by atoms with Gasteiger partial charge < -0.3 is 4.42 Å². The average molecular weight is 279 g/mol. The molecule has 1 heterocycles. The smallest absolute Gasteiger partial charge is 0.240 e. The summed E-state index contributed by atoms with van der Waals surface area (Å²) in [6.07, 6.45) is 0.600. The van der Waals surface area contributed by atoms with E-state index in [2.05, 4.69) is 4.72 Å². The molecule has 6 heteroatoms. The van der Waals surface area contributed by atoms with Crippen molar-refractivity contribution in [3.63, 3.8) is 0 Å². The van der Waals surface area contributed by atoms with Gasteiger partial charge >= 0.3 is 0 Å². The lowest BCUT2D eigenvalue weighted by Gasteiger charge is -2.07. The van der Waals surface area contributed by atoms with E-state index in [1.165, 1.54) is 19.2 Å². The Bertz CT molecular complexity index is 716. The second-order valence-electron chi connectivity index (χ2n) is 4.01. The number of hydrogen-bond acceptors (Lipinski definition) is 4. The lowest BCUT2D eigenvalue weighted by atomic mass is 10.1. The molecule has 2 aromatic rings. The summed E-state index contributed by atoms with van der Waals surface area (Å²) in [6.45, 7) is 1.72. The molecule has 0 atom stereocenters. The van der Waals surface area contributed by atoms with Gasteiger partial charge in [0.15, 0.2) is 12.0 Å². The summed E-state index contributed by atoms with van der Waals surface area (Å²) in [7, 11) is -2.16.